The van der Waals surface area contributed by atoms with Crippen LogP contribution in [0.4, 0.5) is 5.69 Å². The van der Waals surface area contributed by atoms with Crippen molar-refractivity contribution < 1.29 is 13.9 Å². The molecule has 7 heteroatoms. The van der Waals surface area contributed by atoms with E-state index in [1.54, 1.807) is 36.5 Å². The molecule has 0 bridgehead atoms. The van der Waals surface area contributed by atoms with Crippen molar-refractivity contribution in [3.05, 3.63) is 70.9 Å². The Bertz CT molecular complexity index is 1170. The van der Waals surface area contributed by atoms with Gasteiger partial charge in [-0.25, -0.2) is 4.98 Å². The molecule has 29 heavy (non-hydrogen) atoms. The summed E-state index contributed by atoms with van der Waals surface area (Å²) in [6, 6.07) is 14.4. The van der Waals surface area contributed by atoms with Gasteiger partial charge in [-0.1, -0.05) is 17.7 Å². The van der Waals surface area contributed by atoms with E-state index in [2.05, 4.69) is 15.3 Å². The normalized spacial score (nSPS) is 10.9. The van der Waals surface area contributed by atoms with Gasteiger partial charge in [-0.05, 0) is 67.4 Å². The minimum Gasteiger partial charge on any atom is -0.484 e. The van der Waals surface area contributed by atoms with Crippen molar-refractivity contribution in [2.24, 2.45) is 0 Å². The number of anilines is 1. The van der Waals surface area contributed by atoms with Crippen molar-refractivity contribution in [1.82, 2.24) is 9.97 Å². The average Bonchev–Trinajstić information content (AvgIpc) is 3.15. The molecule has 0 saturated carbocycles. The molecule has 6 nitrogen and oxygen atoms in total. The fourth-order valence-corrected chi connectivity index (χ4v) is 2.95. The molecule has 0 aliphatic rings. The second-order valence-electron chi connectivity index (χ2n) is 6.62. The number of nitrogens with one attached hydrogen (secondary N) is 1. The first-order valence-electron chi connectivity index (χ1n) is 9.01. The number of halogens is 1. The summed E-state index contributed by atoms with van der Waals surface area (Å²) in [5.74, 6) is 0.723. The van der Waals surface area contributed by atoms with Crippen LogP contribution in [0.15, 0.2) is 59.1 Å². The summed E-state index contributed by atoms with van der Waals surface area (Å²) < 4.78 is 11.3. The van der Waals surface area contributed by atoms with E-state index in [0.717, 1.165) is 5.56 Å². The number of rotatable bonds is 5. The molecule has 1 N–H and O–H groups in total. The minimum atomic E-state index is -0.318. The molecule has 0 fully saturated rings. The summed E-state index contributed by atoms with van der Waals surface area (Å²) in [6.45, 7) is 3.89. The Morgan fingerprint density at radius 3 is 2.79 bits per heavy atom. The number of hydrogen-bond acceptors (Lipinski definition) is 5. The van der Waals surface area contributed by atoms with E-state index in [1.807, 2.05) is 32.0 Å². The van der Waals surface area contributed by atoms with E-state index in [-0.39, 0.29) is 12.5 Å². The smallest absolute Gasteiger partial charge is 0.262 e. The van der Waals surface area contributed by atoms with Gasteiger partial charge in [-0.15, -0.1) is 0 Å². The summed E-state index contributed by atoms with van der Waals surface area (Å²) in [4.78, 5) is 20.9. The lowest BCUT2D eigenvalue weighted by Crippen LogP contribution is -2.20. The van der Waals surface area contributed by atoms with Gasteiger partial charge in [0, 0.05) is 11.8 Å². The van der Waals surface area contributed by atoms with Gasteiger partial charge in [0.25, 0.3) is 5.91 Å². The Labute approximate surface area is 172 Å². The highest BCUT2D eigenvalue weighted by molar-refractivity contribution is 6.33. The maximum atomic E-state index is 12.3. The average molecular weight is 408 g/mol. The molecule has 2 aromatic heterocycles. The molecule has 0 aliphatic carbocycles. The molecule has 2 heterocycles. The zero-order valence-corrected chi connectivity index (χ0v) is 16.7. The Balaban J connectivity index is 1.48. The molecule has 146 valence electrons. The first kappa shape index (κ1) is 19.0. The van der Waals surface area contributed by atoms with Crippen LogP contribution in [0.5, 0.6) is 5.75 Å². The van der Waals surface area contributed by atoms with E-state index in [0.29, 0.717) is 39.1 Å². The maximum Gasteiger partial charge on any atom is 0.262 e. The standard InChI is InChI=1S/C22H18ClN3O3/c1-13-5-7-16(10-14(13)2)28-12-20(27)25-18-11-15(6-8-17(18)23)22-26-21-19(29-22)4-3-9-24-21/h3-11H,12H2,1-2H3,(H,25,27). The minimum absolute atomic E-state index is 0.129. The van der Waals surface area contributed by atoms with Crippen LogP contribution in [0.2, 0.25) is 5.02 Å². The molecule has 1 amide bonds. The number of hydrogen-bond donors (Lipinski definition) is 1. The predicted molar refractivity (Wildman–Crippen MR) is 112 cm³/mol. The molecule has 0 spiro atoms. The van der Waals surface area contributed by atoms with Crippen molar-refractivity contribution >= 4 is 34.4 Å². The van der Waals surface area contributed by atoms with Gasteiger partial charge in [-0.3, -0.25) is 4.79 Å². The number of fused-ring (bicyclic) bond motifs is 1. The predicted octanol–water partition coefficient (Wildman–Crippen LogP) is 5.18. The molecular weight excluding hydrogens is 390 g/mol. The van der Waals surface area contributed by atoms with Crippen molar-refractivity contribution in [1.29, 1.82) is 0 Å². The molecule has 0 atom stereocenters. The number of aromatic nitrogens is 2. The number of carbonyl (C=O) groups excluding carboxylic acids is 1. The van der Waals surface area contributed by atoms with E-state index in [1.165, 1.54) is 5.56 Å². The van der Waals surface area contributed by atoms with Crippen LogP contribution in [0, 0.1) is 13.8 Å². The quantitative estimate of drug-likeness (QED) is 0.493. The lowest BCUT2D eigenvalue weighted by molar-refractivity contribution is -0.118. The van der Waals surface area contributed by atoms with Gasteiger partial charge in [0.05, 0.1) is 10.7 Å². The van der Waals surface area contributed by atoms with Crippen molar-refractivity contribution in [2.75, 3.05) is 11.9 Å². The van der Waals surface area contributed by atoms with Gasteiger partial charge in [0.2, 0.25) is 5.89 Å². The second kappa shape index (κ2) is 7.93. The number of benzene rings is 2. The largest absolute Gasteiger partial charge is 0.484 e. The van der Waals surface area contributed by atoms with Crippen LogP contribution in [0.3, 0.4) is 0 Å². The third-order valence-electron chi connectivity index (χ3n) is 4.50. The maximum absolute atomic E-state index is 12.3. The zero-order chi connectivity index (χ0) is 20.4. The summed E-state index contributed by atoms with van der Waals surface area (Å²) in [7, 11) is 0. The summed E-state index contributed by atoms with van der Waals surface area (Å²) in [5.41, 5.74) is 4.51. The number of nitrogens with zero attached hydrogens (tertiary/aromatic N) is 2. The van der Waals surface area contributed by atoms with Gasteiger partial charge in [-0.2, -0.15) is 4.98 Å². The third kappa shape index (κ3) is 4.22. The van der Waals surface area contributed by atoms with Crippen LogP contribution >= 0.6 is 11.6 Å². The number of oxazole rings is 1. The number of pyridine rings is 1. The van der Waals surface area contributed by atoms with E-state index < -0.39 is 0 Å². The van der Waals surface area contributed by atoms with Crippen molar-refractivity contribution in [2.45, 2.75) is 13.8 Å². The van der Waals surface area contributed by atoms with Gasteiger partial charge < -0.3 is 14.5 Å². The summed E-state index contributed by atoms with van der Waals surface area (Å²) in [5, 5.41) is 3.17. The fourth-order valence-electron chi connectivity index (χ4n) is 2.79. The topological polar surface area (TPSA) is 77.2 Å². The van der Waals surface area contributed by atoms with Crippen LogP contribution in [-0.4, -0.2) is 22.5 Å². The SMILES string of the molecule is Cc1ccc(OCC(=O)Nc2cc(-c3nc4ncccc4o3)ccc2Cl)cc1C. The summed E-state index contributed by atoms with van der Waals surface area (Å²) >= 11 is 6.24. The van der Waals surface area contributed by atoms with E-state index in [4.69, 9.17) is 20.8 Å². The highest BCUT2D eigenvalue weighted by atomic mass is 35.5. The molecule has 0 saturated heterocycles. The monoisotopic (exact) mass is 407 g/mol. The van der Waals surface area contributed by atoms with Crippen LogP contribution < -0.4 is 10.1 Å². The fraction of sp³-hybridized carbons (Fsp3) is 0.136. The Morgan fingerprint density at radius 1 is 1.14 bits per heavy atom. The Morgan fingerprint density at radius 2 is 2.00 bits per heavy atom. The summed E-state index contributed by atoms with van der Waals surface area (Å²) in [6.07, 6.45) is 1.65. The number of ether oxygens (including phenoxy) is 1. The van der Waals surface area contributed by atoms with Crippen LogP contribution in [0.1, 0.15) is 11.1 Å². The van der Waals surface area contributed by atoms with Gasteiger partial charge in [0.15, 0.2) is 17.8 Å². The van der Waals surface area contributed by atoms with Crippen LogP contribution in [-0.2, 0) is 4.79 Å². The van der Waals surface area contributed by atoms with Crippen LogP contribution in [0.25, 0.3) is 22.7 Å². The molecule has 2 aromatic carbocycles. The molecular formula is C22H18ClN3O3. The second-order valence-corrected chi connectivity index (χ2v) is 7.03. The van der Waals surface area contributed by atoms with Crippen molar-refractivity contribution in [3.63, 3.8) is 0 Å². The number of aryl methyl sites for hydroxylation is 2. The first-order valence-corrected chi connectivity index (χ1v) is 9.39. The molecule has 0 radical (unpaired) electrons. The Hall–Kier alpha value is -3.38. The highest BCUT2D eigenvalue weighted by Crippen LogP contribution is 2.30. The first-order chi connectivity index (χ1) is 14.0. The van der Waals surface area contributed by atoms with E-state index >= 15 is 0 Å². The lowest BCUT2D eigenvalue weighted by Gasteiger charge is -2.10. The Kier molecular flexibility index (Phi) is 5.18. The lowest BCUT2D eigenvalue weighted by atomic mass is 10.1. The van der Waals surface area contributed by atoms with Gasteiger partial charge >= 0.3 is 0 Å². The number of carbonyl (C=O) groups is 1. The third-order valence-corrected chi connectivity index (χ3v) is 4.83. The highest BCUT2D eigenvalue weighted by Gasteiger charge is 2.13. The number of amides is 1. The molecule has 4 aromatic rings. The van der Waals surface area contributed by atoms with Crippen molar-refractivity contribution in [3.8, 4) is 17.2 Å². The molecule has 0 aliphatic heterocycles. The van der Waals surface area contributed by atoms with Gasteiger partial charge in [0.1, 0.15) is 5.75 Å². The molecule has 4 rings (SSSR count). The zero-order valence-electron chi connectivity index (χ0n) is 15.9. The molecule has 0 unspecified atom stereocenters. The van der Waals surface area contributed by atoms with E-state index in [9.17, 15) is 4.79 Å².